The Labute approximate surface area is 86.3 Å². The Balaban J connectivity index is 2.99. The van der Waals surface area contributed by atoms with Crippen LogP contribution in [0.25, 0.3) is 0 Å². The molecule has 0 amide bonds. The zero-order chi connectivity index (χ0) is 10.8. The van der Waals surface area contributed by atoms with Crippen molar-refractivity contribution in [2.45, 2.75) is 24.5 Å². The zero-order valence-electron chi connectivity index (χ0n) is 8.61. The highest BCUT2D eigenvalue weighted by molar-refractivity contribution is 7.91. The van der Waals surface area contributed by atoms with Gasteiger partial charge in [-0.3, -0.25) is 0 Å². The first-order valence-electron chi connectivity index (χ1n) is 4.40. The molecule has 0 atom stereocenters. The summed E-state index contributed by atoms with van der Waals surface area (Å²) in [5.41, 5.74) is 0. The number of sulfonamides is 1. The second-order valence-corrected chi connectivity index (χ2v) is 11.0. The highest BCUT2D eigenvalue weighted by Crippen LogP contribution is 2.10. The van der Waals surface area contributed by atoms with E-state index in [9.17, 15) is 8.42 Å². The molecule has 1 rings (SSSR count). The summed E-state index contributed by atoms with van der Waals surface area (Å²) in [7, 11) is -5.12. The number of rotatable bonds is 3. The normalized spacial score (nSPS) is 12.8. The summed E-state index contributed by atoms with van der Waals surface area (Å²) in [6.45, 7) is 5.86. The summed E-state index contributed by atoms with van der Waals surface area (Å²) < 4.78 is 26.3. The van der Waals surface area contributed by atoms with Crippen LogP contribution >= 0.6 is 0 Å². The van der Waals surface area contributed by atoms with E-state index in [0.29, 0.717) is 4.90 Å². The lowest BCUT2D eigenvalue weighted by atomic mass is 10.4. The summed E-state index contributed by atoms with van der Waals surface area (Å²) in [5, 5.41) is 0. The van der Waals surface area contributed by atoms with Crippen molar-refractivity contribution < 1.29 is 8.42 Å². The van der Waals surface area contributed by atoms with Gasteiger partial charge in [0.25, 0.3) is 0 Å². The molecule has 0 heterocycles. The van der Waals surface area contributed by atoms with E-state index in [2.05, 4.69) is 4.39 Å². The van der Waals surface area contributed by atoms with Gasteiger partial charge in [-0.1, -0.05) is 37.8 Å². The summed E-state index contributed by atoms with van der Waals surface area (Å²) in [6, 6.07) is 8.44. The molecular weight excluding hydrogens is 214 g/mol. The maximum absolute atomic E-state index is 11.8. The van der Waals surface area contributed by atoms with Crippen molar-refractivity contribution in [2.24, 2.45) is 0 Å². The fraction of sp³-hybridized carbons (Fsp3) is 0.333. The summed E-state index contributed by atoms with van der Waals surface area (Å²) in [5.74, 6) is 0. The van der Waals surface area contributed by atoms with Gasteiger partial charge in [0.15, 0.2) is 0 Å². The molecule has 78 valence electrons. The molecule has 0 fully saturated rings. The quantitative estimate of drug-likeness (QED) is 0.803. The number of benzene rings is 1. The van der Waals surface area contributed by atoms with Gasteiger partial charge in [0, 0.05) is 0 Å². The van der Waals surface area contributed by atoms with Crippen molar-refractivity contribution in [1.82, 2.24) is 4.39 Å². The molecule has 1 aromatic carbocycles. The largest absolute Gasteiger partial charge is 0.234 e. The third kappa shape index (κ3) is 3.25. The maximum atomic E-state index is 11.8. The molecule has 0 aromatic heterocycles. The number of hydrogen-bond acceptors (Lipinski definition) is 2. The van der Waals surface area contributed by atoms with E-state index in [1.165, 1.54) is 0 Å². The van der Waals surface area contributed by atoms with E-state index in [1.54, 1.807) is 30.3 Å². The van der Waals surface area contributed by atoms with Crippen molar-refractivity contribution in [1.29, 1.82) is 0 Å². The van der Waals surface area contributed by atoms with Crippen molar-refractivity contribution >= 4 is 18.3 Å². The highest BCUT2D eigenvalue weighted by Gasteiger charge is 2.23. The van der Waals surface area contributed by atoms with Crippen LogP contribution in [0.5, 0.6) is 0 Å². The molecule has 1 N–H and O–H groups in total. The van der Waals surface area contributed by atoms with E-state index in [1.807, 2.05) is 19.6 Å². The highest BCUT2D eigenvalue weighted by atomic mass is 32.2. The molecule has 1 aromatic rings. The van der Waals surface area contributed by atoms with Crippen LogP contribution in [0.1, 0.15) is 0 Å². The molecule has 0 saturated heterocycles. The van der Waals surface area contributed by atoms with Gasteiger partial charge < -0.3 is 0 Å². The van der Waals surface area contributed by atoms with Gasteiger partial charge >= 0.3 is 0 Å². The van der Waals surface area contributed by atoms with E-state index in [-0.39, 0.29) is 0 Å². The van der Waals surface area contributed by atoms with E-state index < -0.39 is 18.3 Å². The first-order valence-corrected chi connectivity index (χ1v) is 9.39. The Morgan fingerprint density at radius 3 is 2.00 bits per heavy atom. The second kappa shape index (κ2) is 3.84. The van der Waals surface area contributed by atoms with E-state index in [0.717, 1.165) is 0 Å². The molecule has 0 spiro atoms. The van der Waals surface area contributed by atoms with Crippen LogP contribution in [0.15, 0.2) is 35.2 Å². The molecule has 0 radical (unpaired) electrons. The van der Waals surface area contributed by atoms with Gasteiger partial charge in [0.05, 0.1) is 4.90 Å². The van der Waals surface area contributed by atoms with Crippen LogP contribution in [0.4, 0.5) is 0 Å². The molecule has 0 saturated carbocycles. The molecular formula is C9H15NO2SSi. The van der Waals surface area contributed by atoms with Gasteiger partial charge in [0.2, 0.25) is 10.0 Å². The van der Waals surface area contributed by atoms with Gasteiger partial charge in [-0.05, 0) is 12.1 Å². The van der Waals surface area contributed by atoms with Crippen molar-refractivity contribution in [3.05, 3.63) is 30.3 Å². The fourth-order valence-electron chi connectivity index (χ4n) is 1.06. The first-order chi connectivity index (χ1) is 6.31. The summed E-state index contributed by atoms with van der Waals surface area (Å²) >= 11 is 0. The Morgan fingerprint density at radius 1 is 1.07 bits per heavy atom. The van der Waals surface area contributed by atoms with Crippen molar-refractivity contribution in [3.8, 4) is 0 Å². The molecule has 5 heteroatoms. The summed E-state index contributed by atoms with van der Waals surface area (Å²) in [6.07, 6.45) is 0. The smallest absolute Gasteiger partial charge is 0.234 e. The first kappa shape index (κ1) is 11.4. The van der Waals surface area contributed by atoms with Gasteiger partial charge in [-0.25, -0.2) is 12.8 Å². The lowest BCUT2D eigenvalue weighted by Gasteiger charge is -2.17. The third-order valence-corrected chi connectivity index (χ3v) is 5.91. The molecule has 0 bridgehead atoms. The van der Waals surface area contributed by atoms with Crippen LogP contribution in [-0.2, 0) is 10.0 Å². The van der Waals surface area contributed by atoms with Crippen LogP contribution in [0.2, 0.25) is 19.6 Å². The van der Waals surface area contributed by atoms with Crippen molar-refractivity contribution in [2.75, 3.05) is 0 Å². The Kier molecular flexibility index (Phi) is 3.13. The minimum Gasteiger partial charge on any atom is -0.234 e. The van der Waals surface area contributed by atoms with Gasteiger partial charge in [-0.2, -0.15) is 0 Å². The Morgan fingerprint density at radius 2 is 1.57 bits per heavy atom. The van der Waals surface area contributed by atoms with Crippen LogP contribution in [-0.4, -0.2) is 16.7 Å². The minimum absolute atomic E-state index is 0.336. The topological polar surface area (TPSA) is 46.2 Å². The predicted octanol–water partition coefficient (Wildman–Crippen LogP) is 1.80. The molecule has 0 aliphatic rings. The Bertz CT molecular complexity index is 395. The van der Waals surface area contributed by atoms with Crippen LogP contribution in [0.3, 0.4) is 0 Å². The van der Waals surface area contributed by atoms with E-state index >= 15 is 0 Å². The average Bonchev–Trinajstić information content (AvgIpc) is 2.01. The number of nitrogens with one attached hydrogen (secondary N) is 1. The third-order valence-electron chi connectivity index (χ3n) is 1.49. The SMILES string of the molecule is C[Si](C)(C)NS(=O)(=O)c1ccccc1. The van der Waals surface area contributed by atoms with Gasteiger partial charge in [-0.15, -0.1) is 0 Å². The fourth-order valence-corrected chi connectivity index (χ4v) is 5.27. The Hall–Kier alpha value is -0.653. The van der Waals surface area contributed by atoms with Crippen molar-refractivity contribution in [3.63, 3.8) is 0 Å². The standard InChI is InChI=1S/C9H15NO2SSi/c1-14(2,3)10-13(11,12)9-7-5-4-6-8-9/h4-8,10H,1-3H3. The van der Waals surface area contributed by atoms with Gasteiger partial charge in [0.1, 0.15) is 8.24 Å². The average molecular weight is 229 g/mol. The zero-order valence-corrected chi connectivity index (χ0v) is 10.4. The minimum atomic E-state index is -3.31. The molecule has 14 heavy (non-hydrogen) atoms. The van der Waals surface area contributed by atoms with Crippen LogP contribution < -0.4 is 4.39 Å². The maximum Gasteiger partial charge on any atom is 0.234 e. The monoisotopic (exact) mass is 229 g/mol. The summed E-state index contributed by atoms with van der Waals surface area (Å²) in [4.78, 5) is 0.336. The number of hydrogen-bond donors (Lipinski definition) is 1. The molecule has 0 aliphatic carbocycles. The molecule has 0 aliphatic heterocycles. The predicted molar refractivity (Wildman–Crippen MR) is 60.1 cm³/mol. The second-order valence-electron chi connectivity index (χ2n) is 4.17. The van der Waals surface area contributed by atoms with E-state index in [4.69, 9.17) is 0 Å². The lowest BCUT2D eigenvalue weighted by Crippen LogP contribution is -2.45. The van der Waals surface area contributed by atoms with Crippen LogP contribution in [0, 0.1) is 0 Å². The molecule has 0 unspecified atom stereocenters. The lowest BCUT2D eigenvalue weighted by molar-refractivity contribution is 0.593. The molecule has 3 nitrogen and oxygen atoms in total.